The van der Waals surface area contributed by atoms with Gasteiger partial charge in [-0.15, -0.1) is 11.3 Å². The lowest BCUT2D eigenvalue weighted by Crippen LogP contribution is -2.35. The molecule has 2 aromatic rings. The van der Waals surface area contributed by atoms with Gasteiger partial charge in [0.2, 0.25) is 0 Å². The SMILES string of the molecule is CC[C@@H](C)NC(=O)COC(=O)c1ccc(-c2ccc(Cl)cc2)s1. The minimum atomic E-state index is -0.491. The molecule has 1 N–H and O–H groups in total. The quantitative estimate of drug-likeness (QED) is 0.796. The fraction of sp³-hybridized carbons (Fsp3) is 0.294. The second kappa shape index (κ2) is 8.13. The molecule has 1 amide bonds. The van der Waals surface area contributed by atoms with Crippen molar-refractivity contribution in [2.75, 3.05) is 6.61 Å². The Hall–Kier alpha value is -1.85. The summed E-state index contributed by atoms with van der Waals surface area (Å²) in [4.78, 5) is 25.0. The van der Waals surface area contributed by atoms with Crippen molar-refractivity contribution < 1.29 is 14.3 Å². The molecule has 1 aromatic heterocycles. The number of ether oxygens (including phenoxy) is 1. The van der Waals surface area contributed by atoms with E-state index in [2.05, 4.69) is 5.32 Å². The van der Waals surface area contributed by atoms with Gasteiger partial charge in [-0.05, 0) is 43.2 Å². The zero-order valence-corrected chi connectivity index (χ0v) is 14.5. The molecule has 1 aromatic carbocycles. The first kappa shape index (κ1) is 17.5. The van der Waals surface area contributed by atoms with Gasteiger partial charge in [0.25, 0.3) is 5.91 Å². The summed E-state index contributed by atoms with van der Waals surface area (Å²) in [5.74, 6) is -0.781. The summed E-state index contributed by atoms with van der Waals surface area (Å²) in [6.07, 6.45) is 0.828. The van der Waals surface area contributed by atoms with E-state index in [1.807, 2.05) is 32.0 Å². The van der Waals surface area contributed by atoms with E-state index in [9.17, 15) is 9.59 Å². The number of hydrogen-bond donors (Lipinski definition) is 1. The number of halogens is 1. The highest BCUT2D eigenvalue weighted by molar-refractivity contribution is 7.17. The van der Waals surface area contributed by atoms with E-state index in [0.29, 0.717) is 9.90 Å². The van der Waals surface area contributed by atoms with Gasteiger partial charge in [-0.3, -0.25) is 4.79 Å². The zero-order chi connectivity index (χ0) is 16.8. The monoisotopic (exact) mass is 351 g/mol. The predicted octanol–water partition coefficient (Wildman–Crippen LogP) is 4.14. The number of carbonyl (C=O) groups excluding carboxylic acids is 2. The van der Waals surface area contributed by atoms with Crippen LogP contribution in [0, 0.1) is 0 Å². The summed E-state index contributed by atoms with van der Waals surface area (Å²) in [5.41, 5.74) is 0.980. The molecule has 2 rings (SSSR count). The lowest BCUT2D eigenvalue weighted by molar-refractivity contribution is -0.124. The Morgan fingerprint density at radius 1 is 1.22 bits per heavy atom. The van der Waals surface area contributed by atoms with E-state index in [1.165, 1.54) is 11.3 Å². The number of carbonyl (C=O) groups is 2. The van der Waals surface area contributed by atoms with E-state index in [1.54, 1.807) is 18.2 Å². The molecule has 23 heavy (non-hydrogen) atoms. The maximum atomic E-state index is 12.0. The zero-order valence-electron chi connectivity index (χ0n) is 13.0. The van der Waals surface area contributed by atoms with Gasteiger partial charge in [0.15, 0.2) is 6.61 Å². The fourth-order valence-corrected chi connectivity index (χ4v) is 2.87. The molecule has 0 saturated carbocycles. The second-order valence-electron chi connectivity index (χ2n) is 5.12. The molecular weight excluding hydrogens is 334 g/mol. The van der Waals surface area contributed by atoms with Gasteiger partial charge in [0, 0.05) is 15.9 Å². The van der Waals surface area contributed by atoms with Crippen molar-refractivity contribution in [3.05, 3.63) is 46.3 Å². The molecular formula is C17H18ClNO3S. The van der Waals surface area contributed by atoms with Crippen LogP contribution in [0.25, 0.3) is 10.4 Å². The average Bonchev–Trinajstić information content (AvgIpc) is 3.03. The molecule has 0 aliphatic heterocycles. The fourth-order valence-electron chi connectivity index (χ4n) is 1.84. The molecule has 6 heteroatoms. The molecule has 0 aliphatic rings. The number of nitrogens with one attached hydrogen (secondary N) is 1. The number of benzene rings is 1. The van der Waals surface area contributed by atoms with Crippen molar-refractivity contribution in [1.82, 2.24) is 5.32 Å². The van der Waals surface area contributed by atoms with Gasteiger partial charge in [-0.1, -0.05) is 30.7 Å². The Kier molecular flexibility index (Phi) is 6.19. The smallest absolute Gasteiger partial charge is 0.348 e. The second-order valence-corrected chi connectivity index (χ2v) is 6.64. The van der Waals surface area contributed by atoms with Gasteiger partial charge in [0.05, 0.1) is 0 Å². The number of thiophene rings is 1. The van der Waals surface area contributed by atoms with Crippen LogP contribution >= 0.6 is 22.9 Å². The topological polar surface area (TPSA) is 55.4 Å². The normalized spacial score (nSPS) is 11.8. The minimum Gasteiger partial charge on any atom is -0.451 e. The molecule has 0 radical (unpaired) electrons. The predicted molar refractivity (Wildman–Crippen MR) is 92.9 cm³/mol. The lowest BCUT2D eigenvalue weighted by atomic mass is 10.2. The number of hydrogen-bond acceptors (Lipinski definition) is 4. The van der Waals surface area contributed by atoms with Crippen LogP contribution in [0.3, 0.4) is 0 Å². The Bertz CT molecular complexity index is 681. The summed E-state index contributed by atoms with van der Waals surface area (Å²) < 4.78 is 5.04. The van der Waals surface area contributed by atoms with E-state index in [-0.39, 0.29) is 18.6 Å². The first-order valence-electron chi connectivity index (χ1n) is 7.32. The third-order valence-corrected chi connectivity index (χ3v) is 4.66. The standard InChI is InChI=1S/C17H18ClNO3S/c1-3-11(2)19-16(20)10-22-17(21)15-9-8-14(23-15)12-4-6-13(18)7-5-12/h4-9,11H,3,10H2,1-2H3,(H,19,20)/t11-/m1/s1. The highest BCUT2D eigenvalue weighted by atomic mass is 35.5. The van der Waals surface area contributed by atoms with Crippen molar-refractivity contribution in [3.8, 4) is 10.4 Å². The molecule has 1 atom stereocenters. The first-order valence-corrected chi connectivity index (χ1v) is 8.51. The molecule has 0 bridgehead atoms. The van der Waals surface area contributed by atoms with E-state index in [0.717, 1.165) is 16.9 Å². The molecule has 0 spiro atoms. The molecule has 0 unspecified atom stereocenters. The Morgan fingerprint density at radius 2 is 1.91 bits per heavy atom. The van der Waals surface area contributed by atoms with Crippen molar-refractivity contribution in [3.63, 3.8) is 0 Å². The summed E-state index contributed by atoms with van der Waals surface area (Å²) in [7, 11) is 0. The summed E-state index contributed by atoms with van der Waals surface area (Å²) in [6, 6.07) is 11.0. The van der Waals surface area contributed by atoms with Gasteiger partial charge in [-0.25, -0.2) is 4.79 Å². The van der Waals surface area contributed by atoms with Crippen LogP contribution in [0.4, 0.5) is 0 Å². The van der Waals surface area contributed by atoms with Crippen LogP contribution < -0.4 is 5.32 Å². The Labute approximate surface area is 144 Å². The first-order chi connectivity index (χ1) is 11.0. The number of rotatable bonds is 6. The van der Waals surface area contributed by atoms with Crippen molar-refractivity contribution >= 4 is 34.8 Å². The van der Waals surface area contributed by atoms with Crippen molar-refractivity contribution in [1.29, 1.82) is 0 Å². The van der Waals surface area contributed by atoms with Gasteiger partial charge >= 0.3 is 5.97 Å². The minimum absolute atomic E-state index is 0.0689. The average molecular weight is 352 g/mol. The maximum absolute atomic E-state index is 12.0. The lowest BCUT2D eigenvalue weighted by Gasteiger charge is -2.11. The summed E-state index contributed by atoms with van der Waals surface area (Å²) in [5, 5.41) is 3.41. The van der Waals surface area contributed by atoms with E-state index in [4.69, 9.17) is 16.3 Å². The summed E-state index contributed by atoms with van der Waals surface area (Å²) >= 11 is 7.18. The van der Waals surface area contributed by atoms with Crippen LogP contribution in [0.1, 0.15) is 29.9 Å². The van der Waals surface area contributed by atoms with Crippen LogP contribution in [-0.4, -0.2) is 24.5 Å². The van der Waals surface area contributed by atoms with Crippen LogP contribution in [0.2, 0.25) is 5.02 Å². The molecule has 4 nitrogen and oxygen atoms in total. The van der Waals surface area contributed by atoms with E-state index < -0.39 is 5.97 Å². The Balaban J connectivity index is 1.93. The highest BCUT2D eigenvalue weighted by Gasteiger charge is 2.14. The highest BCUT2D eigenvalue weighted by Crippen LogP contribution is 2.29. The van der Waals surface area contributed by atoms with Crippen molar-refractivity contribution in [2.45, 2.75) is 26.3 Å². The van der Waals surface area contributed by atoms with E-state index >= 15 is 0 Å². The number of amides is 1. The summed E-state index contributed by atoms with van der Waals surface area (Å²) in [6.45, 7) is 3.61. The molecule has 0 aliphatic carbocycles. The van der Waals surface area contributed by atoms with Gasteiger partial charge < -0.3 is 10.1 Å². The molecule has 1 heterocycles. The third kappa shape index (κ3) is 5.08. The van der Waals surface area contributed by atoms with Crippen LogP contribution in [-0.2, 0) is 9.53 Å². The number of esters is 1. The maximum Gasteiger partial charge on any atom is 0.348 e. The molecule has 0 fully saturated rings. The van der Waals surface area contributed by atoms with Gasteiger partial charge in [-0.2, -0.15) is 0 Å². The Morgan fingerprint density at radius 3 is 2.57 bits per heavy atom. The molecule has 122 valence electrons. The largest absolute Gasteiger partial charge is 0.451 e. The van der Waals surface area contributed by atoms with Crippen LogP contribution in [0.5, 0.6) is 0 Å². The van der Waals surface area contributed by atoms with Crippen molar-refractivity contribution in [2.24, 2.45) is 0 Å². The van der Waals surface area contributed by atoms with Crippen LogP contribution in [0.15, 0.2) is 36.4 Å². The molecule has 0 saturated heterocycles. The third-order valence-electron chi connectivity index (χ3n) is 3.29. The van der Waals surface area contributed by atoms with Gasteiger partial charge in [0.1, 0.15) is 4.88 Å².